The third kappa shape index (κ3) is 6.18. The molecule has 0 amide bonds. The monoisotopic (exact) mass is 132 g/mol. The van der Waals surface area contributed by atoms with Crippen molar-refractivity contribution in [1.29, 1.82) is 0 Å². The third-order valence-electron chi connectivity index (χ3n) is 0.763. The summed E-state index contributed by atoms with van der Waals surface area (Å²) in [6, 6.07) is 0. The zero-order valence-electron chi connectivity index (χ0n) is 6.27. The Kier molecular flexibility index (Phi) is 4.19. The van der Waals surface area contributed by atoms with Crippen molar-refractivity contribution in [2.24, 2.45) is 0 Å². The van der Waals surface area contributed by atoms with Gasteiger partial charge < -0.3 is 4.43 Å². The molecule has 8 heavy (non-hydrogen) atoms. The molecular weight excluding hydrogens is 116 g/mol. The minimum absolute atomic E-state index is 0.201. The Morgan fingerprint density at radius 3 is 1.75 bits per heavy atom. The average Bonchev–Trinajstić information content (AvgIpc) is 1.61. The second-order valence-corrected chi connectivity index (χ2v) is 5.08. The Morgan fingerprint density at radius 1 is 1.12 bits per heavy atom. The standard InChI is InChI=1S/C6H16OSi/c1-5(2)7-8-6(3)4/h5-6H,8H2,1-4H3. The van der Waals surface area contributed by atoms with Gasteiger partial charge in [-0.25, -0.2) is 0 Å². The quantitative estimate of drug-likeness (QED) is 0.526. The maximum atomic E-state index is 5.44. The molecule has 0 atom stereocenters. The Balaban J connectivity index is 2.93. The van der Waals surface area contributed by atoms with Gasteiger partial charge in [-0.1, -0.05) is 13.8 Å². The van der Waals surface area contributed by atoms with E-state index in [1.165, 1.54) is 0 Å². The summed E-state index contributed by atoms with van der Waals surface area (Å²) >= 11 is 0. The molecule has 0 unspecified atom stereocenters. The van der Waals surface area contributed by atoms with Crippen molar-refractivity contribution < 1.29 is 4.43 Å². The molecule has 0 N–H and O–H groups in total. The first-order valence-electron chi connectivity index (χ1n) is 3.24. The Morgan fingerprint density at radius 2 is 1.62 bits per heavy atom. The maximum Gasteiger partial charge on any atom is 0.164 e. The van der Waals surface area contributed by atoms with E-state index >= 15 is 0 Å². The fraction of sp³-hybridized carbons (Fsp3) is 1.00. The van der Waals surface area contributed by atoms with E-state index in [0.717, 1.165) is 5.54 Å². The SMILES string of the molecule is CC(C)O[SiH2]C(C)C. The van der Waals surface area contributed by atoms with Crippen LogP contribution in [0.2, 0.25) is 5.54 Å². The van der Waals surface area contributed by atoms with Gasteiger partial charge in [-0.2, -0.15) is 0 Å². The van der Waals surface area contributed by atoms with Gasteiger partial charge in [0.05, 0.1) is 0 Å². The van der Waals surface area contributed by atoms with Crippen LogP contribution in [-0.4, -0.2) is 15.9 Å². The van der Waals surface area contributed by atoms with Gasteiger partial charge in [0, 0.05) is 6.10 Å². The molecule has 50 valence electrons. The summed E-state index contributed by atoms with van der Waals surface area (Å²) in [5.41, 5.74) is 0.803. The van der Waals surface area contributed by atoms with E-state index in [2.05, 4.69) is 27.7 Å². The zero-order valence-corrected chi connectivity index (χ0v) is 7.68. The minimum Gasteiger partial charge on any atom is -0.421 e. The van der Waals surface area contributed by atoms with Crippen molar-refractivity contribution in [3.05, 3.63) is 0 Å². The molecule has 0 saturated carbocycles. The lowest BCUT2D eigenvalue weighted by molar-refractivity contribution is 0.252. The van der Waals surface area contributed by atoms with Crippen LogP contribution in [0.3, 0.4) is 0 Å². The van der Waals surface area contributed by atoms with Crippen LogP contribution >= 0.6 is 0 Å². The largest absolute Gasteiger partial charge is 0.421 e. The van der Waals surface area contributed by atoms with E-state index in [1.54, 1.807) is 0 Å². The minimum atomic E-state index is -0.201. The van der Waals surface area contributed by atoms with Crippen LogP contribution in [0.4, 0.5) is 0 Å². The summed E-state index contributed by atoms with van der Waals surface area (Å²) < 4.78 is 5.44. The Labute approximate surface area is 54.4 Å². The average molecular weight is 132 g/mol. The fourth-order valence-corrected chi connectivity index (χ4v) is 1.15. The van der Waals surface area contributed by atoms with Crippen molar-refractivity contribution in [3.63, 3.8) is 0 Å². The predicted molar refractivity (Wildman–Crippen MR) is 39.9 cm³/mol. The van der Waals surface area contributed by atoms with Crippen molar-refractivity contribution >= 4 is 9.76 Å². The normalized spacial score (nSPS) is 12.8. The van der Waals surface area contributed by atoms with Crippen LogP contribution < -0.4 is 0 Å². The molecule has 0 aliphatic carbocycles. The van der Waals surface area contributed by atoms with Crippen molar-refractivity contribution in [3.8, 4) is 0 Å². The third-order valence-corrected chi connectivity index (χ3v) is 2.29. The zero-order chi connectivity index (χ0) is 6.57. The Hall–Kier alpha value is 0.177. The number of rotatable bonds is 3. The van der Waals surface area contributed by atoms with E-state index in [9.17, 15) is 0 Å². The second kappa shape index (κ2) is 4.10. The molecule has 0 aromatic carbocycles. The van der Waals surface area contributed by atoms with Gasteiger partial charge in [0.15, 0.2) is 9.76 Å². The summed E-state index contributed by atoms with van der Waals surface area (Å²) in [4.78, 5) is 0. The highest BCUT2D eigenvalue weighted by atomic mass is 28.2. The van der Waals surface area contributed by atoms with E-state index in [-0.39, 0.29) is 9.76 Å². The summed E-state index contributed by atoms with van der Waals surface area (Å²) in [7, 11) is -0.201. The number of hydrogen-bond donors (Lipinski definition) is 0. The smallest absolute Gasteiger partial charge is 0.164 e. The molecule has 0 rings (SSSR count). The highest BCUT2D eigenvalue weighted by Gasteiger charge is 1.96. The van der Waals surface area contributed by atoms with Crippen LogP contribution in [-0.2, 0) is 4.43 Å². The molecule has 0 aliphatic rings. The van der Waals surface area contributed by atoms with Gasteiger partial charge in [-0.15, -0.1) is 0 Å². The van der Waals surface area contributed by atoms with Crippen LogP contribution in [0.15, 0.2) is 0 Å². The first kappa shape index (κ1) is 8.18. The molecule has 0 aromatic heterocycles. The summed E-state index contributed by atoms with van der Waals surface area (Å²) in [6.45, 7) is 8.62. The molecule has 0 spiro atoms. The van der Waals surface area contributed by atoms with E-state index < -0.39 is 0 Å². The lowest BCUT2D eigenvalue weighted by Crippen LogP contribution is -2.09. The van der Waals surface area contributed by atoms with Gasteiger partial charge in [-0.05, 0) is 19.4 Å². The molecule has 0 saturated heterocycles. The predicted octanol–water partition coefficient (Wildman–Crippen LogP) is 1.32. The first-order valence-corrected chi connectivity index (χ1v) is 4.64. The highest BCUT2D eigenvalue weighted by molar-refractivity contribution is 6.29. The van der Waals surface area contributed by atoms with Crippen molar-refractivity contribution in [1.82, 2.24) is 0 Å². The fourth-order valence-electron chi connectivity index (χ4n) is 0.385. The van der Waals surface area contributed by atoms with Crippen LogP contribution in [0, 0.1) is 0 Å². The van der Waals surface area contributed by atoms with Gasteiger partial charge in [0.1, 0.15) is 0 Å². The topological polar surface area (TPSA) is 9.23 Å². The first-order chi connectivity index (χ1) is 3.63. The van der Waals surface area contributed by atoms with Crippen molar-refractivity contribution in [2.75, 3.05) is 0 Å². The molecule has 1 nitrogen and oxygen atoms in total. The molecule has 0 radical (unpaired) electrons. The molecule has 0 heterocycles. The molecule has 2 heteroatoms. The van der Waals surface area contributed by atoms with Crippen molar-refractivity contribution in [2.45, 2.75) is 39.3 Å². The summed E-state index contributed by atoms with van der Waals surface area (Å²) in [6.07, 6.45) is 0.448. The second-order valence-electron chi connectivity index (χ2n) is 2.78. The molecule has 0 aromatic rings. The lowest BCUT2D eigenvalue weighted by Gasteiger charge is -2.08. The molecule has 0 aliphatic heterocycles. The molecule has 0 bridgehead atoms. The molecular formula is C6H16OSi. The van der Waals surface area contributed by atoms with E-state index in [0.29, 0.717) is 6.10 Å². The highest BCUT2D eigenvalue weighted by Crippen LogP contribution is 1.98. The van der Waals surface area contributed by atoms with Crippen LogP contribution in [0.5, 0.6) is 0 Å². The van der Waals surface area contributed by atoms with Gasteiger partial charge in [0.25, 0.3) is 0 Å². The van der Waals surface area contributed by atoms with E-state index in [1.807, 2.05) is 0 Å². The van der Waals surface area contributed by atoms with Gasteiger partial charge in [-0.3, -0.25) is 0 Å². The van der Waals surface area contributed by atoms with Gasteiger partial charge in [0.2, 0.25) is 0 Å². The van der Waals surface area contributed by atoms with Gasteiger partial charge >= 0.3 is 0 Å². The summed E-state index contributed by atoms with van der Waals surface area (Å²) in [5.74, 6) is 0. The maximum absolute atomic E-state index is 5.44. The lowest BCUT2D eigenvalue weighted by atomic mass is 10.5. The van der Waals surface area contributed by atoms with E-state index in [4.69, 9.17) is 4.43 Å². The molecule has 0 fully saturated rings. The Bertz CT molecular complexity index is 44.5. The summed E-state index contributed by atoms with van der Waals surface area (Å²) in [5, 5.41) is 0. The number of hydrogen-bond acceptors (Lipinski definition) is 1. The van der Waals surface area contributed by atoms with Crippen LogP contribution in [0.1, 0.15) is 27.7 Å². The van der Waals surface area contributed by atoms with Crippen LogP contribution in [0.25, 0.3) is 0 Å².